The van der Waals surface area contributed by atoms with Crippen molar-refractivity contribution in [3.63, 3.8) is 0 Å². The number of aromatic nitrogens is 2. The zero-order chi connectivity index (χ0) is 20.2. The van der Waals surface area contributed by atoms with Crippen LogP contribution in [-0.2, 0) is 16.0 Å². The van der Waals surface area contributed by atoms with Crippen LogP contribution >= 0.6 is 0 Å². The topological polar surface area (TPSA) is 88.3 Å². The molecule has 0 spiro atoms. The zero-order valence-corrected chi connectivity index (χ0v) is 15.6. The maximum atomic E-state index is 13.0. The molecule has 0 unspecified atom stereocenters. The summed E-state index contributed by atoms with van der Waals surface area (Å²) in [6.07, 6.45) is 1.92. The number of carbonyl (C=O) groups is 2. The second kappa shape index (κ2) is 8.22. The van der Waals surface area contributed by atoms with Gasteiger partial charge in [-0.25, -0.2) is 4.39 Å². The van der Waals surface area contributed by atoms with Crippen molar-refractivity contribution in [2.75, 3.05) is 16.8 Å². The van der Waals surface area contributed by atoms with Crippen LogP contribution in [0.2, 0.25) is 0 Å². The summed E-state index contributed by atoms with van der Waals surface area (Å²) in [5.41, 5.74) is 2.13. The van der Waals surface area contributed by atoms with Crippen LogP contribution in [0, 0.1) is 5.82 Å². The van der Waals surface area contributed by atoms with Crippen LogP contribution in [0.5, 0.6) is 0 Å². The molecular weight excluding hydrogens is 375 g/mol. The molecule has 0 bridgehead atoms. The SMILES string of the molecule is O=C(CCc1nc(-c2ccc(F)cc2)no1)Nc1ccc(N2CCCC2=O)cc1. The molecular formula is C21H19FN4O3. The van der Waals surface area contributed by atoms with E-state index in [2.05, 4.69) is 15.5 Å². The molecule has 0 saturated carbocycles. The van der Waals surface area contributed by atoms with Gasteiger partial charge in [0.2, 0.25) is 23.5 Å². The monoisotopic (exact) mass is 394 g/mol. The van der Waals surface area contributed by atoms with E-state index in [1.807, 2.05) is 12.1 Å². The largest absolute Gasteiger partial charge is 0.339 e. The molecule has 1 N–H and O–H groups in total. The van der Waals surface area contributed by atoms with Crippen LogP contribution in [0.3, 0.4) is 0 Å². The molecule has 2 aromatic carbocycles. The van der Waals surface area contributed by atoms with Crippen LogP contribution in [0.25, 0.3) is 11.4 Å². The summed E-state index contributed by atoms with van der Waals surface area (Å²) in [5.74, 6) is 0.293. The third-order valence-electron chi connectivity index (χ3n) is 4.67. The van der Waals surface area contributed by atoms with Crippen molar-refractivity contribution in [3.05, 3.63) is 60.2 Å². The first-order chi connectivity index (χ1) is 14.1. The average Bonchev–Trinajstić information content (AvgIpc) is 3.37. The van der Waals surface area contributed by atoms with Crippen LogP contribution in [-0.4, -0.2) is 28.5 Å². The molecule has 4 rings (SSSR count). The van der Waals surface area contributed by atoms with Crippen molar-refractivity contribution in [2.45, 2.75) is 25.7 Å². The molecule has 29 heavy (non-hydrogen) atoms. The second-order valence-electron chi connectivity index (χ2n) is 6.76. The molecule has 0 radical (unpaired) electrons. The van der Waals surface area contributed by atoms with E-state index in [9.17, 15) is 14.0 Å². The smallest absolute Gasteiger partial charge is 0.227 e. The van der Waals surface area contributed by atoms with Crippen LogP contribution < -0.4 is 10.2 Å². The summed E-state index contributed by atoms with van der Waals surface area (Å²) < 4.78 is 18.1. The van der Waals surface area contributed by atoms with E-state index in [4.69, 9.17) is 4.52 Å². The minimum atomic E-state index is -0.339. The highest BCUT2D eigenvalue weighted by atomic mass is 19.1. The number of rotatable bonds is 6. The number of halogens is 1. The predicted molar refractivity (Wildman–Crippen MR) is 105 cm³/mol. The molecule has 2 amide bonds. The summed E-state index contributed by atoms with van der Waals surface area (Å²) in [7, 11) is 0. The van der Waals surface area contributed by atoms with Gasteiger partial charge in [-0.1, -0.05) is 5.16 Å². The highest BCUT2D eigenvalue weighted by Crippen LogP contribution is 2.23. The first-order valence-corrected chi connectivity index (χ1v) is 9.37. The van der Waals surface area contributed by atoms with Gasteiger partial charge in [-0.05, 0) is 55.0 Å². The lowest BCUT2D eigenvalue weighted by molar-refractivity contribution is -0.117. The average molecular weight is 394 g/mol. The molecule has 1 fully saturated rings. The summed E-state index contributed by atoms with van der Waals surface area (Å²) in [6, 6.07) is 13.0. The number of nitrogens with one attached hydrogen (secondary N) is 1. The molecule has 0 aliphatic carbocycles. The van der Waals surface area contributed by atoms with Gasteiger partial charge in [0.05, 0.1) is 0 Å². The number of hydrogen-bond donors (Lipinski definition) is 1. The molecule has 3 aromatic rings. The van der Waals surface area contributed by atoms with E-state index in [-0.39, 0.29) is 24.1 Å². The molecule has 1 aliphatic rings. The van der Waals surface area contributed by atoms with Gasteiger partial charge in [0.15, 0.2) is 0 Å². The lowest BCUT2D eigenvalue weighted by Crippen LogP contribution is -2.23. The Morgan fingerprint density at radius 1 is 1.14 bits per heavy atom. The minimum absolute atomic E-state index is 0.126. The fourth-order valence-electron chi connectivity index (χ4n) is 3.16. The van der Waals surface area contributed by atoms with E-state index >= 15 is 0 Å². The number of nitrogens with zero attached hydrogens (tertiary/aromatic N) is 3. The van der Waals surface area contributed by atoms with Crippen molar-refractivity contribution >= 4 is 23.2 Å². The van der Waals surface area contributed by atoms with E-state index in [1.54, 1.807) is 29.2 Å². The Balaban J connectivity index is 1.30. The number of carbonyl (C=O) groups excluding carboxylic acids is 2. The van der Waals surface area contributed by atoms with Gasteiger partial charge >= 0.3 is 0 Å². The maximum absolute atomic E-state index is 13.0. The first kappa shape index (κ1) is 18.8. The third kappa shape index (κ3) is 4.48. The Morgan fingerprint density at radius 3 is 2.59 bits per heavy atom. The van der Waals surface area contributed by atoms with Crippen molar-refractivity contribution in [2.24, 2.45) is 0 Å². The highest BCUT2D eigenvalue weighted by molar-refractivity contribution is 5.96. The number of aryl methyl sites for hydroxylation is 1. The van der Waals surface area contributed by atoms with Crippen molar-refractivity contribution in [1.82, 2.24) is 10.1 Å². The van der Waals surface area contributed by atoms with Crippen molar-refractivity contribution in [1.29, 1.82) is 0 Å². The molecule has 1 aliphatic heterocycles. The quantitative estimate of drug-likeness (QED) is 0.690. The molecule has 1 saturated heterocycles. The predicted octanol–water partition coefficient (Wildman–Crippen LogP) is 3.57. The van der Waals surface area contributed by atoms with Crippen molar-refractivity contribution < 1.29 is 18.5 Å². The molecule has 7 nitrogen and oxygen atoms in total. The fraction of sp³-hybridized carbons (Fsp3) is 0.238. The number of benzene rings is 2. The molecule has 1 aromatic heterocycles. The van der Waals surface area contributed by atoms with Gasteiger partial charge in [0.1, 0.15) is 5.82 Å². The maximum Gasteiger partial charge on any atom is 0.227 e. The minimum Gasteiger partial charge on any atom is -0.339 e. The van der Waals surface area contributed by atoms with Gasteiger partial charge in [-0.2, -0.15) is 4.98 Å². The normalized spacial score (nSPS) is 13.7. The molecule has 2 heterocycles. The Morgan fingerprint density at radius 2 is 1.90 bits per heavy atom. The summed E-state index contributed by atoms with van der Waals surface area (Å²) in [6.45, 7) is 0.731. The molecule has 0 atom stereocenters. The van der Waals surface area contributed by atoms with E-state index in [0.717, 1.165) is 18.7 Å². The van der Waals surface area contributed by atoms with Crippen LogP contribution in [0.15, 0.2) is 53.1 Å². The Kier molecular flexibility index (Phi) is 5.33. The second-order valence-corrected chi connectivity index (χ2v) is 6.76. The number of anilines is 2. The Labute approximate surface area is 166 Å². The van der Waals surface area contributed by atoms with Crippen molar-refractivity contribution in [3.8, 4) is 11.4 Å². The molecule has 148 valence electrons. The third-order valence-corrected chi connectivity index (χ3v) is 4.67. The Bertz CT molecular complexity index is 1020. The van der Waals surface area contributed by atoms with E-state index < -0.39 is 0 Å². The zero-order valence-electron chi connectivity index (χ0n) is 15.6. The van der Waals surface area contributed by atoms with Crippen LogP contribution in [0.1, 0.15) is 25.2 Å². The van der Waals surface area contributed by atoms with Crippen LogP contribution in [0.4, 0.5) is 15.8 Å². The lowest BCUT2D eigenvalue weighted by atomic mass is 10.2. The summed E-state index contributed by atoms with van der Waals surface area (Å²) in [5, 5.41) is 6.67. The fourth-order valence-corrected chi connectivity index (χ4v) is 3.16. The highest BCUT2D eigenvalue weighted by Gasteiger charge is 2.21. The summed E-state index contributed by atoms with van der Waals surface area (Å²) >= 11 is 0. The van der Waals surface area contributed by atoms with Gasteiger partial charge in [0, 0.05) is 42.7 Å². The van der Waals surface area contributed by atoms with E-state index in [1.165, 1.54) is 12.1 Å². The van der Waals surface area contributed by atoms with Gasteiger partial charge in [-0.15, -0.1) is 0 Å². The number of amides is 2. The van der Waals surface area contributed by atoms with Gasteiger partial charge in [0.25, 0.3) is 0 Å². The Hall–Kier alpha value is -3.55. The van der Waals surface area contributed by atoms with Gasteiger partial charge in [-0.3, -0.25) is 9.59 Å². The summed E-state index contributed by atoms with van der Waals surface area (Å²) in [4.78, 5) is 30.0. The van der Waals surface area contributed by atoms with Gasteiger partial charge < -0.3 is 14.7 Å². The first-order valence-electron chi connectivity index (χ1n) is 9.37. The van der Waals surface area contributed by atoms with E-state index in [0.29, 0.717) is 35.8 Å². The molecule has 8 heteroatoms. The lowest BCUT2D eigenvalue weighted by Gasteiger charge is -2.16. The standard InChI is InChI=1S/C21H19FN4O3/c22-15-5-3-14(4-6-15)21-24-19(29-25-21)12-11-18(27)23-16-7-9-17(10-8-16)26-13-1-2-20(26)28/h3-10H,1-2,11-13H2,(H,23,27). The number of hydrogen-bond acceptors (Lipinski definition) is 5.